The summed E-state index contributed by atoms with van der Waals surface area (Å²) in [5, 5.41) is 7.52. The molecule has 1 aromatic heterocycles. The third-order valence-corrected chi connectivity index (χ3v) is 1.55. The lowest BCUT2D eigenvalue weighted by Gasteiger charge is -2.09. The van der Waals surface area contributed by atoms with Gasteiger partial charge in [0.25, 0.3) is 0 Å². The Morgan fingerprint density at radius 3 is 2.36 bits per heavy atom. The molecule has 62 valence electrons. The molecule has 0 aromatic carbocycles. The predicted molar refractivity (Wildman–Crippen MR) is 40.8 cm³/mol. The number of aromatic nitrogens is 2. The van der Waals surface area contributed by atoms with Gasteiger partial charge in [0.2, 0.25) is 11.8 Å². The highest BCUT2D eigenvalue weighted by Crippen LogP contribution is 2.16. The summed E-state index contributed by atoms with van der Waals surface area (Å²) in [6, 6.07) is -0.142. The molecule has 0 spiro atoms. The lowest BCUT2D eigenvalue weighted by atomic mass is 10.1. The Hall–Kier alpha value is -0.900. The maximum Gasteiger partial charge on any atom is 0.233 e. The molecular weight excluding hydrogens is 142 g/mol. The van der Waals surface area contributed by atoms with E-state index in [0.29, 0.717) is 17.7 Å². The van der Waals surface area contributed by atoms with Crippen molar-refractivity contribution in [1.82, 2.24) is 10.2 Å². The molecule has 0 amide bonds. The highest BCUT2D eigenvalue weighted by molar-refractivity contribution is 4.88. The first-order valence-electron chi connectivity index (χ1n) is 3.67. The molecule has 1 unspecified atom stereocenters. The zero-order valence-electron chi connectivity index (χ0n) is 7.03. The summed E-state index contributed by atoms with van der Waals surface area (Å²) >= 11 is 0. The second kappa shape index (κ2) is 3.00. The van der Waals surface area contributed by atoms with Gasteiger partial charge in [0.05, 0.1) is 6.04 Å². The van der Waals surface area contributed by atoms with Crippen LogP contribution < -0.4 is 5.73 Å². The minimum absolute atomic E-state index is 0.142. The minimum atomic E-state index is -0.142. The first-order chi connectivity index (χ1) is 5.11. The van der Waals surface area contributed by atoms with Gasteiger partial charge in [-0.15, -0.1) is 10.2 Å². The monoisotopic (exact) mass is 155 g/mol. The summed E-state index contributed by atoms with van der Waals surface area (Å²) in [5.41, 5.74) is 5.75. The van der Waals surface area contributed by atoms with Gasteiger partial charge >= 0.3 is 0 Å². The number of nitrogens with two attached hydrogens (primary N) is 1. The Bertz CT molecular complexity index is 231. The van der Waals surface area contributed by atoms with Crippen LogP contribution in [0.25, 0.3) is 0 Å². The van der Waals surface area contributed by atoms with Crippen LogP contribution in [-0.2, 0) is 0 Å². The normalized spacial score (nSPS) is 13.9. The van der Waals surface area contributed by atoms with Crippen LogP contribution in [0.5, 0.6) is 0 Å². The van der Waals surface area contributed by atoms with Crippen molar-refractivity contribution in [3.63, 3.8) is 0 Å². The number of hydrogen-bond acceptors (Lipinski definition) is 4. The smallest absolute Gasteiger partial charge is 0.233 e. The third-order valence-electron chi connectivity index (χ3n) is 1.55. The third kappa shape index (κ3) is 1.77. The average molecular weight is 155 g/mol. The minimum Gasteiger partial charge on any atom is -0.424 e. The fourth-order valence-corrected chi connectivity index (χ4v) is 0.732. The van der Waals surface area contributed by atoms with Gasteiger partial charge in [-0.3, -0.25) is 0 Å². The predicted octanol–water partition coefficient (Wildman–Crippen LogP) is 1.03. The SMILES string of the molecule is Cc1nnc(C(N)C(C)C)o1. The lowest BCUT2D eigenvalue weighted by Crippen LogP contribution is -2.16. The fourth-order valence-electron chi connectivity index (χ4n) is 0.732. The highest BCUT2D eigenvalue weighted by atomic mass is 16.4. The molecule has 0 saturated carbocycles. The van der Waals surface area contributed by atoms with Crippen molar-refractivity contribution in [3.8, 4) is 0 Å². The van der Waals surface area contributed by atoms with Crippen LogP contribution in [0.2, 0.25) is 0 Å². The molecule has 0 radical (unpaired) electrons. The van der Waals surface area contributed by atoms with E-state index < -0.39 is 0 Å². The van der Waals surface area contributed by atoms with Crippen molar-refractivity contribution >= 4 is 0 Å². The Morgan fingerprint density at radius 2 is 2.00 bits per heavy atom. The topological polar surface area (TPSA) is 64.9 Å². The van der Waals surface area contributed by atoms with Crippen LogP contribution in [0.3, 0.4) is 0 Å². The van der Waals surface area contributed by atoms with Crippen LogP contribution in [0.4, 0.5) is 0 Å². The van der Waals surface area contributed by atoms with E-state index in [1.807, 2.05) is 13.8 Å². The van der Waals surface area contributed by atoms with Gasteiger partial charge in [-0.25, -0.2) is 0 Å². The summed E-state index contributed by atoms with van der Waals surface area (Å²) < 4.78 is 5.16. The van der Waals surface area contributed by atoms with Gasteiger partial charge in [-0.2, -0.15) is 0 Å². The molecule has 0 aliphatic rings. The van der Waals surface area contributed by atoms with Crippen LogP contribution >= 0.6 is 0 Å². The second-order valence-electron chi connectivity index (χ2n) is 2.93. The molecule has 1 atom stereocenters. The van der Waals surface area contributed by atoms with E-state index in [1.54, 1.807) is 6.92 Å². The van der Waals surface area contributed by atoms with Crippen LogP contribution in [-0.4, -0.2) is 10.2 Å². The van der Waals surface area contributed by atoms with Crippen molar-refractivity contribution in [1.29, 1.82) is 0 Å². The van der Waals surface area contributed by atoms with Crippen molar-refractivity contribution in [3.05, 3.63) is 11.8 Å². The van der Waals surface area contributed by atoms with E-state index >= 15 is 0 Å². The molecule has 0 aliphatic heterocycles. The van der Waals surface area contributed by atoms with Crippen molar-refractivity contribution < 1.29 is 4.42 Å². The van der Waals surface area contributed by atoms with Crippen molar-refractivity contribution in [2.24, 2.45) is 11.7 Å². The average Bonchev–Trinajstić information content (AvgIpc) is 2.34. The van der Waals surface area contributed by atoms with E-state index in [9.17, 15) is 0 Å². The number of nitrogens with zero attached hydrogens (tertiary/aromatic N) is 2. The summed E-state index contributed by atoms with van der Waals surface area (Å²) in [4.78, 5) is 0. The first kappa shape index (κ1) is 8.20. The van der Waals surface area contributed by atoms with Crippen LogP contribution in [0.1, 0.15) is 31.7 Å². The summed E-state index contributed by atoms with van der Waals surface area (Å²) in [7, 11) is 0. The fraction of sp³-hybridized carbons (Fsp3) is 0.714. The number of hydrogen-bond donors (Lipinski definition) is 1. The molecule has 0 saturated heterocycles. The second-order valence-corrected chi connectivity index (χ2v) is 2.93. The Balaban J connectivity index is 2.76. The zero-order valence-corrected chi connectivity index (χ0v) is 7.03. The molecule has 0 fully saturated rings. The van der Waals surface area contributed by atoms with Gasteiger partial charge in [0.15, 0.2) is 0 Å². The van der Waals surface area contributed by atoms with Crippen LogP contribution in [0, 0.1) is 12.8 Å². The quantitative estimate of drug-likeness (QED) is 0.692. The number of rotatable bonds is 2. The summed E-state index contributed by atoms with van der Waals surface area (Å²) in [6.45, 7) is 5.79. The van der Waals surface area contributed by atoms with E-state index in [-0.39, 0.29) is 6.04 Å². The molecule has 1 heterocycles. The Kier molecular flexibility index (Phi) is 2.24. The van der Waals surface area contributed by atoms with Gasteiger partial charge in [-0.05, 0) is 5.92 Å². The molecule has 0 aliphatic carbocycles. The number of aryl methyl sites for hydroxylation is 1. The largest absolute Gasteiger partial charge is 0.424 e. The van der Waals surface area contributed by atoms with E-state index in [4.69, 9.17) is 10.2 Å². The van der Waals surface area contributed by atoms with Crippen molar-refractivity contribution in [2.75, 3.05) is 0 Å². The molecule has 4 nitrogen and oxygen atoms in total. The molecule has 11 heavy (non-hydrogen) atoms. The Labute approximate surface area is 65.8 Å². The van der Waals surface area contributed by atoms with Gasteiger partial charge in [0.1, 0.15) is 0 Å². The molecule has 1 rings (SSSR count). The van der Waals surface area contributed by atoms with Crippen molar-refractivity contribution in [2.45, 2.75) is 26.8 Å². The maximum absolute atomic E-state index is 5.75. The Morgan fingerprint density at radius 1 is 1.36 bits per heavy atom. The highest BCUT2D eigenvalue weighted by Gasteiger charge is 2.15. The van der Waals surface area contributed by atoms with E-state index in [1.165, 1.54) is 0 Å². The van der Waals surface area contributed by atoms with E-state index in [2.05, 4.69) is 10.2 Å². The molecular formula is C7H13N3O. The first-order valence-corrected chi connectivity index (χ1v) is 3.67. The van der Waals surface area contributed by atoms with Gasteiger partial charge < -0.3 is 10.2 Å². The van der Waals surface area contributed by atoms with E-state index in [0.717, 1.165) is 0 Å². The lowest BCUT2D eigenvalue weighted by molar-refractivity contribution is 0.378. The zero-order chi connectivity index (χ0) is 8.43. The van der Waals surface area contributed by atoms with Gasteiger partial charge in [-0.1, -0.05) is 13.8 Å². The summed E-state index contributed by atoms with van der Waals surface area (Å²) in [5.74, 6) is 1.42. The van der Waals surface area contributed by atoms with Gasteiger partial charge in [0, 0.05) is 6.92 Å². The standard InChI is InChI=1S/C7H13N3O/c1-4(2)6(8)7-10-9-5(3)11-7/h4,6H,8H2,1-3H3. The molecule has 1 aromatic rings. The molecule has 2 N–H and O–H groups in total. The maximum atomic E-state index is 5.75. The summed E-state index contributed by atoms with van der Waals surface area (Å²) in [6.07, 6.45) is 0. The molecule has 4 heteroatoms. The molecule has 0 bridgehead atoms. The van der Waals surface area contributed by atoms with Crippen LogP contribution in [0.15, 0.2) is 4.42 Å².